The van der Waals surface area contributed by atoms with Gasteiger partial charge in [-0.1, -0.05) is 38.1 Å². The Balaban J connectivity index is 1.63. The van der Waals surface area contributed by atoms with E-state index in [1.165, 1.54) is 0 Å². The average molecular weight is 374 g/mol. The largest absolute Gasteiger partial charge is 0.399 e. The van der Waals surface area contributed by atoms with E-state index in [1.54, 1.807) is 16.4 Å². The summed E-state index contributed by atoms with van der Waals surface area (Å²) in [7, 11) is -3.42. The average Bonchev–Trinajstić information content (AvgIpc) is 2.62. The van der Waals surface area contributed by atoms with Crippen LogP contribution < -0.4 is 5.73 Å². The molecule has 2 aromatic rings. The Kier molecular flexibility index (Phi) is 5.65. The highest BCUT2D eigenvalue weighted by atomic mass is 32.2. The van der Waals surface area contributed by atoms with Crippen LogP contribution in [0.25, 0.3) is 0 Å². The Morgan fingerprint density at radius 3 is 2.23 bits per heavy atom. The molecular formula is C20H27N3O2S. The van der Waals surface area contributed by atoms with Gasteiger partial charge >= 0.3 is 0 Å². The molecule has 0 amide bonds. The van der Waals surface area contributed by atoms with E-state index in [2.05, 4.69) is 24.8 Å². The van der Waals surface area contributed by atoms with E-state index in [-0.39, 0.29) is 0 Å². The van der Waals surface area contributed by atoms with Gasteiger partial charge in [0.15, 0.2) is 0 Å². The maximum Gasteiger partial charge on any atom is 0.243 e. The van der Waals surface area contributed by atoms with Crippen molar-refractivity contribution in [3.63, 3.8) is 0 Å². The Morgan fingerprint density at radius 1 is 1.00 bits per heavy atom. The topological polar surface area (TPSA) is 66.6 Å². The van der Waals surface area contributed by atoms with Crippen LogP contribution in [-0.2, 0) is 16.6 Å². The van der Waals surface area contributed by atoms with Crippen LogP contribution in [0.1, 0.15) is 30.9 Å². The standard InChI is InChI=1S/C20H27N3O2S/c1-16(2)18-6-8-20(9-7-18)26(24,25)23-12-10-22(11-13-23)15-17-4-3-5-19(21)14-17/h3-9,14,16H,10-13,15,21H2,1-2H3. The van der Waals surface area contributed by atoms with Crippen molar-refractivity contribution in [3.8, 4) is 0 Å². The van der Waals surface area contributed by atoms with Crippen molar-refractivity contribution in [3.05, 3.63) is 59.7 Å². The third-order valence-corrected chi connectivity index (χ3v) is 6.79. The van der Waals surface area contributed by atoms with Gasteiger partial charge in [0.25, 0.3) is 0 Å². The molecule has 1 aliphatic heterocycles. The van der Waals surface area contributed by atoms with Gasteiger partial charge < -0.3 is 5.73 Å². The van der Waals surface area contributed by atoms with Crippen molar-refractivity contribution in [2.45, 2.75) is 31.2 Å². The van der Waals surface area contributed by atoms with Crippen LogP contribution >= 0.6 is 0 Å². The molecule has 26 heavy (non-hydrogen) atoms. The highest BCUT2D eigenvalue weighted by Gasteiger charge is 2.28. The molecule has 1 fully saturated rings. The molecule has 5 nitrogen and oxygen atoms in total. The van der Waals surface area contributed by atoms with Gasteiger partial charge in [-0.05, 0) is 41.3 Å². The fraction of sp³-hybridized carbons (Fsp3) is 0.400. The summed E-state index contributed by atoms with van der Waals surface area (Å²) in [5.74, 6) is 0.391. The molecule has 0 saturated carbocycles. The van der Waals surface area contributed by atoms with Crippen LogP contribution in [0.2, 0.25) is 0 Å². The second-order valence-corrected chi connectivity index (χ2v) is 9.09. The van der Waals surface area contributed by atoms with Crippen molar-refractivity contribution < 1.29 is 8.42 Å². The summed E-state index contributed by atoms with van der Waals surface area (Å²) in [6, 6.07) is 15.1. The minimum absolute atomic E-state index is 0.381. The monoisotopic (exact) mass is 373 g/mol. The zero-order valence-corrected chi connectivity index (χ0v) is 16.2. The predicted molar refractivity (Wildman–Crippen MR) is 105 cm³/mol. The normalized spacial score (nSPS) is 16.9. The Morgan fingerprint density at radius 2 is 1.65 bits per heavy atom. The van der Waals surface area contributed by atoms with Crippen LogP contribution in [0.3, 0.4) is 0 Å². The maximum atomic E-state index is 12.9. The number of nitrogen functional groups attached to an aromatic ring is 1. The molecule has 2 N–H and O–H groups in total. The summed E-state index contributed by atoms with van der Waals surface area (Å²) in [5, 5.41) is 0. The second kappa shape index (κ2) is 7.78. The molecule has 2 aromatic carbocycles. The molecule has 0 unspecified atom stereocenters. The number of piperazine rings is 1. The summed E-state index contributed by atoms with van der Waals surface area (Å²) in [4.78, 5) is 2.65. The first-order valence-electron chi connectivity index (χ1n) is 9.03. The van der Waals surface area contributed by atoms with Gasteiger partial charge in [0.05, 0.1) is 4.90 Å². The molecule has 3 rings (SSSR count). The van der Waals surface area contributed by atoms with Crippen LogP contribution in [0, 0.1) is 0 Å². The van der Waals surface area contributed by atoms with Crippen molar-refractivity contribution in [1.82, 2.24) is 9.21 Å². The van der Waals surface area contributed by atoms with Crippen molar-refractivity contribution in [2.24, 2.45) is 0 Å². The summed E-state index contributed by atoms with van der Waals surface area (Å²) in [6.45, 7) is 7.46. The number of rotatable bonds is 5. The Labute approximate surface area is 156 Å². The number of benzene rings is 2. The fourth-order valence-electron chi connectivity index (χ4n) is 3.25. The van der Waals surface area contributed by atoms with Gasteiger partial charge in [-0.3, -0.25) is 4.90 Å². The molecule has 1 saturated heterocycles. The first kappa shape index (κ1) is 18.9. The van der Waals surface area contributed by atoms with E-state index in [4.69, 9.17) is 5.73 Å². The molecular weight excluding hydrogens is 346 g/mol. The molecule has 1 aliphatic rings. The fourth-order valence-corrected chi connectivity index (χ4v) is 4.67. The zero-order chi connectivity index (χ0) is 18.7. The molecule has 0 aliphatic carbocycles. The van der Waals surface area contributed by atoms with Crippen LogP contribution in [0.15, 0.2) is 53.4 Å². The van der Waals surface area contributed by atoms with E-state index < -0.39 is 10.0 Å². The SMILES string of the molecule is CC(C)c1ccc(S(=O)(=O)N2CCN(Cc3cccc(N)c3)CC2)cc1. The third kappa shape index (κ3) is 4.26. The van der Waals surface area contributed by atoms with Gasteiger partial charge in [0.1, 0.15) is 0 Å². The van der Waals surface area contributed by atoms with Crippen molar-refractivity contribution in [2.75, 3.05) is 31.9 Å². The summed E-state index contributed by atoms with van der Waals surface area (Å²) in [6.07, 6.45) is 0. The van der Waals surface area contributed by atoms with Gasteiger partial charge in [0, 0.05) is 38.4 Å². The van der Waals surface area contributed by atoms with Gasteiger partial charge in [-0.2, -0.15) is 4.31 Å². The van der Waals surface area contributed by atoms with Crippen LogP contribution in [-0.4, -0.2) is 43.8 Å². The lowest BCUT2D eigenvalue weighted by Gasteiger charge is -2.34. The summed E-state index contributed by atoms with van der Waals surface area (Å²) < 4.78 is 27.3. The second-order valence-electron chi connectivity index (χ2n) is 7.15. The highest BCUT2D eigenvalue weighted by molar-refractivity contribution is 7.89. The van der Waals surface area contributed by atoms with E-state index in [0.29, 0.717) is 23.9 Å². The molecule has 0 radical (unpaired) electrons. The van der Waals surface area contributed by atoms with Gasteiger partial charge in [-0.25, -0.2) is 8.42 Å². The zero-order valence-electron chi connectivity index (χ0n) is 15.4. The molecule has 140 valence electrons. The van der Waals surface area contributed by atoms with Crippen molar-refractivity contribution in [1.29, 1.82) is 0 Å². The minimum Gasteiger partial charge on any atom is -0.399 e. The Bertz CT molecular complexity index is 840. The van der Waals surface area contributed by atoms with Crippen molar-refractivity contribution >= 4 is 15.7 Å². The first-order chi connectivity index (χ1) is 12.4. The smallest absolute Gasteiger partial charge is 0.243 e. The van der Waals surface area contributed by atoms with Gasteiger partial charge in [0.2, 0.25) is 10.0 Å². The number of anilines is 1. The van der Waals surface area contributed by atoms with Crippen LogP contribution in [0.4, 0.5) is 5.69 Å². The van der Waals surface area contributed by atoms with E-state index in [1.807, 2.05) is 30.3 Å². The first-order valence-corrected chi connectivity index (χ1v) is 10.5. The number of hydrogen-bond donors (Lipinski definition) is 1. The van der Waals surface area contributed by atoms with Gasteiger partial charge in [-0.15, -0.1) is 0 Å². The lowest BCUT2D eigenvalue weighted by Crippen LogP contribution is -2.48. The summed E-state index contributed by atoms with van der Waals surface area (Å²) in [5.41, 5.74) is 8.90. The van der Waals surface area contributed by atoms with Crippen LogP contribution in [0.5, 0.6) is 0 Å². The number of hydrogen-bond acceptors (Lipinski definition) is 4. The quantitative estimate of drug-likeness (QED) is 0.819. The molecule has 0 bridgehead atoms. The number of nitrogens with two attached hydrogens (primary N) is 1. The molecule has 0 atom stereocenters. The molecule has 6 heteroatoms. The number of nitrogens with zero attached hydrogens (tertiary/aromatic N) is 2. The lowest BCUT2D eigenvalue weighted by molar-refractivity contribution is 0.181. The van der Waals surface area contributed by atoms with E-state index >= 15 is 0 Å². The van der Waals surface area contributed by atoms with E-state index in [0.717, 1.165) is 36.4 Å². The highest BCUT2D eigenvalue weighted by Crippen LogP contribution is 2.21. The molecule has 1 heterocycles. The molecule has 0 aromatic heterocycles. The number of sulfonamides is 1. The predicted octanol–water partition coefficient (Wildman–Crippen LogP) is 2.90. The minimum atomic E-state index is -3.42. The lowest BCUT2D eigenvalue weighted by atomic mass is 10.0. The molecule has 0 spiro atoms. The maximum absolute atomic E-state index is 12.9. The van der Waals surface area contributed by atoms with E-state index in [9.17, 15) is 8.42 Å². The summed E-state index contributed by atoms with van der Waals surface area (Å²) >= 11 is 0. The third-order valence-electron chi connectivity index (χ3n) is 4.87. The Hall–Kier alpha value is -1.89.